The van der Waals surface area contributed by atoms with Crippen LogP contribution in [0.4, 0.5) is 5.69 Å². The summed E-state index contributed by atoms with van der Waals surface area (Å²) in [6.07, 6.45) is 1.09. The highest BCUT2D eigenvalue weighted by Gasteiger charge is 2.09. The number of amides is 1. The van der Waals surface area contributed by atoms with Crippen molar-refractivity contribution in [3.8, 4) is 17.1 Å². The van der Waals surface area contributed by atoms with Crippen LogP contribution in [0, 0.1) is 0 Å². The molecule has 5 heteroatoms. The van der Waals surface area contributed by atoms with Gasteiger partial charge < -0.3 is 15.0 Å². The van der Waals surface area contributed by atoms with Gasteiger partial charge in [-0.25, -0.2) is 4.98 Å². The Bertz CT molecular complexity index is 1120. The third kappa shape index (κ3) is 4.51. The summed E-state index contributed by atoms with van der Waals surface area (Å²) in [7, 11) is 0. The van der Waals surface area contributed by atoms with Gasteiger partial charge in [-0.3, -0.25) is 4.79 Å². The Morgan fingerprint density at radius 2 is 1.87 bits per heavy atom. The molecule has 152 valence electrons. The fourth-order valence-electron chi connectivity index (χ4n) is 3.31. The number of imidazole rings is 1. The van der Waals surface area contributed by atoms with E-state index in [-0.39, 0.29) is 12.5 Å². The number of anilines is 1. The number of hydrogen-bond donors (Lipinski definition) is 2. The van der Waals surface area contributed by atoms with Crippen molar-refractivity contribution in [2.24, 2.45) is 0 Å². The van der Waals surface area contributed by atoms with Gasteiger partial charge in [0.2, 0.25) is 0 Å². The average Bonchev–Trinajstić information content (AvgIpc) is 3.22. The maximum absolute atomic E-state index is 12.3. The molecule has 1 heterocycles. The summed E-state index contributed by atoms with van der Waals surface area (Å²) in [5, 5.41) is 2.89. The largest absolute Gasteiger partial charge is 0.484 e. The summed E-state index contributed by atoms with van der Waals surface area (Å²) < 4.78 is 5.63. The van der Waals surface area contributed by atoms with Gasteiger partial charge in [-0.05, 0) is 54.3 Å². The standard InChI is InChI=1S/C25H25N3O2/c1-3-17(2)18-11-13-21(14-12-18)30-16-24(29)26-20-8-6-7-19(15-20)25-27-22-9-4-5-10-23(22)28-25/h4-15,17H,3,16H2,1-2H3,(H,26,29)(H,27,28)/t17-/m1/s1. The first kappa shape index (κ1) is 19.7. The molecule has 30 heavy (non-hydrogen) atoms. The van der Waals surface area contributed by atoms with Gasteiger partial charge in [-0.2, -0.15) is 0 Å². The number of carbonyl (C=O) groups excluding carboxylic acids is 1. The molecule has 5 nitrogen and oxygen atoms in total. The first-order chi connectivity index (χ1) is 14.6. The molecule has 0 spiro atoms. The highest BCUT2D eigenvalue weighted by Crippen LogP contribution is 2.24. The number of nitrogens with zero attached hydrogens (tertiary/aromatic N) is 1. The average molecular weight is 399 g/mol. The molecular weight excluding hydrogens is 374 g/mol. The van der Waals surface area contributed by atoms with E-state index in [1.165, 1.54) is 5.56 Å². The number of para-hydroxylation sites is 2. The van der Waals surface area contributed by atoms with Crippen LogP contribution in [-0.2, 0) is 4.79 Å². The second-order valence-electron chi connectivity index (χ2n) is 7.40. The number of hydrogen-bond acceptors (Lipinski definition) is 3. The minimum absolute atomic E-state index is 0.0441. The molecule has 0 saturated heterocycles. The Labute approximate surface area is 176 Å². The maximum Gasteiger partial charge on any atom is 0.262 e. The van der Waals surface area contributed by atoms with Crippen LogP contribution in [0.3, 0.4) is 0 Å². The fourth-order valence-corrected chi connectivity index (χ4v) is 3.31. The number of rotatable bonds is 7. The number of H-pyrrole nitrogens is 1. The van der Waals surface area contributed by atoms with Crippen molar-refractivity contribution >= 4 is 22.6 Å². The zero-order chi connectivity index (χ0) is 20.9. The molecule has 2 N–H and O–H groups in total. The molecule has 0 aliphatic carbocycles. The number of ether oxygens (including phenoxy) is 1. The monoisotopic (exact) mass is 399 g/mol. The lowest BCUT2D eigenvalue weighted by molar-refractivity contribution is -0.118. The van der Waals surface area contributed by atoms with Crippen molar-refractivity contribution in [1.82, 2.24) is 9.97 Å². The Hall–Kier alpha value is -3.60. The van der Waals surface area contributed by atoms with E-state index in [1.807, 2.05) is 60.7 Å². The van der Waals surface area contributed by atoms with Crippen molar-refractivity contribution in [3.05, 3.63) is 78.4 Å². The molecule has 0 unspecified atom stereocenters. The first-order valence-electron chi connectivity index (χ1n) is 10.2. The van der Waals surface area contributed by atoms with Gasteiger partial charge in [0.1, 0.15) is 11.6 Å². The van der Waals surface area contributed by atoms with Crippen LogP contribution in [0.2, 0.25) is 0 Å². The third-order valence-corrected chi connectivity index (χ3v) is 5.24. The van der Waals surface area contributed by atoms with Gasteiger partial charge in [0.25, 0.3) is 5.91 Å². The van der Waals surface area contributed by atoms with E-state index in [2.05, 4.69) is 41.3 Å². The molecule has 0 bridgehead atoms. The summed E-state index contributed by atoms with van der Waals surface area (Å²) in [4.78, 5) is 20.3. The van der Waals surface area contributed by atoms with E-state index >= 15 is 0 Å². The van der Waals surface area contributed by atoms with Crippen LogP contribution in [-0.4, -0.2) is 22.5 Å². The van der Waals surface area contributed by atoms with Crippen molar-refractivity contribution in [1.29, 1.82) is 0 Å². The number of aromatic amines is 1. The minimum atomic E-state index is -0.206. The molecule has 0 radical (unpaired) electrons. The Morgan fingerprint density at radius 1 is 1.07 bits per heavy atom. The van der Waals surface area contributed by atoms with Crippen molar-refractivity contribution in [2.45, 2.75) is 26.2 Å². The smallest absolute Gasteiger partial charge is 0.262 e. The van der Waals surface area contributed by atoms with E-state index < -0.39 is 0 Å². The van der Waals surface area contributed by atoms with Crippen LogP contribution in [0.5, 0.6) is 5.75 Å². The topological polar surface area (TPSA) is 67.0 Å². The number of aromatic nitrogens is 2. The zero-order valence-electron chi connectivity index (χ0n) is 17.2. The van der Waals surface area contributed by atoms with E-state index in [9.17, 15) is 4.79 Å². The number of carbonyl (C=O) groups is 1. The number of nitrogens with one attached hydrogen (secondary N) is 2. The molecule has 1 amide bonds. The first-order valence-corrected chi connectivity index (χ1v) is 10.2. The van der Waals surface area contributed by atoms with Gasteiger partial charge in [-0.15, -0.1) is 0 Å². The predicted molar refractivity (Wildman–Crippen MR) is 121 cm³/mol. The molecule has 3 aromatic carbocycles. The Kier molecular flexibility index (Phi) is 5.80. The maximum atomic E-state index is 12.3. The summed E-state index contributed by atoms with van der Waals surface area (Å²) in [6, 6.07) is 23.4. The molecule has 0 saturated carbocycles. The minimum Gasteiger partial charge on any atom is -0.484 e. The van der Waals surface area contributed by atoms with Crippen molar-refractivity contribution in [2.75, 3.05) is 11.9 Å². The highest BCUT2D eigenvalue weighted by molar-refractivity contribution is 5.92. The molecule has 0 aliphatic heterocycles. The quantitative estimate of drug-likeness (QED) is 0.415. The lowest BCUT2D eigenvalue weighted by Gasteiger charge is -2.11. The molecule has 0 fully saturated rings. The molecule has 0 aliphatic rings. The number of benzene rings is 3. The van der Waals surface area contributed by atoms with Crippen LogP contribution in [0.15, 0.2) is 72.8 Å². The highest BCUT2D eigenvalue weighted by atomic mass is 16.5. The van der Waals surface area contributed by atoms with Crippen LogP contribution in [0.25, 0.3) is 22.4 Å². The molecule has 4 aromatic rings. The Balaban J connectivity index is 1.38. The van der Waals surface area contributed by atoms with Gasteiger partial charge in [0.15, 0.2) is 6.61 Å². The van der Waals surface area contributed by atoms with Crippen LogP contribution in [0.1, 0.15) is 31.7 Å². The molecular formula is C25H25N3O2. The summed E-state index contributed by atoms with van der Waals surface area (Å²) in [5.74, 6) is 1.77. The van der Waals surface area contributed by atoms with E-state index in [1.54, 1.807) is 0 Å². The molecule has 4 rings (SSSR count). The van der Waals surface area contributed by atoms with Gasteiger partial charge in [0.05, 0.1) is 11.0 Å². The molecule has 1 atom stereocenters. The second kappa shape index (κ2) is 8.82. The van der Waals surface area contributed by atoms with Crippen molar-refractivity contribution < 1.29 is 9.53 Å². The SMILES string of the molecule is CC[C@@H](C)c1ccc(OCC(=O)Nc2cccc(-c3nc4ccccc4[nH]3)c2)cc1. The van der Waals surface area contributed by atoms with Gasteiger partial charge >= 0.3 is 0 Å². The van der Waals surface area contributed by atoms with Crippen LogP contribution < -0.4 is 10.1 Å². The lowest BCUT2D eigenvalue weighted by Crippen LogP contribution is -2.20. The second-order valence-corrected chi connectivity index (χ2v) is 7.40. The van der Waals surface area contributed by atoms with Gasteiger partial charge in [0, 0.05) is 11.3 Å². The third-order valence-electron chi connectivity index (χ3n) is 5.24. The Morgan fingerprint density at radius 3 is 2.63 bits per heavy atom. The number of fused-ring (bicyclic) bond motifs is 1. The van der Waals surface area contributed by atoms with E-state index in [4.69, 9.17) is 4.74 Å². The van der Waals surface area contributed by atoms with Crippen molar-refractivity contribution in [3.63, 3.8) is 0 Å². The normalized spacial score (nSPS) is 11.9. The van der Waals surface area contributed by atoms with E-state index in [0.717, 1.165) is 28.8 Å². The zero-order valence-corrected chi connectivity index (χ0v) is 17.2. The predicted octanol–water partition coefficient (Wildman–Crippen LogP) is 5.76. The summed E-state index contributed by atoms with van der Waals surface area (Å²) >= 11 is 0. The summed E-state index contributed by atoms with van der Waals surface area (Å²) in [5.41, 5.74) is 4.78. The lowest BCUT2D eigenvalue weighted by atomic mass is 9.99. The molecule has 1 aromatic heterocycles. The fraction of sp³-hybridized carbons (Fsp3) is 0.200. The summed E-state index contributed by atoms with van der Waals surface area (Å²) in [6.45, 7) is 4.32. The van der Waals surface area contributed by atoms with E-state index in [0.29, 0.717) is 17.4 Å². The van der Waals surface area contributed by atoms with Crippen LogP contribution >= 0.6 is 0 Å². The van der Waals surface area contributed by atoms with Gasteiger partial charge in [-0.1, -0.05) is 50.2 Å².